The van der Waals surface area contributed by atoms with Crippen LogP contribution in [0.5, 0.6) is 0 Å². The van der Waals surface area contributed by atoms with Crippen molar-refractivity contribution < 1.29 is 40.7 Å². The zero-order chi connectivity index (χ0) is 27.9. The predicted octanol–water partition coefficient (Wildman–Crippen LogP) is 6.59. The Morgan fingerprint density at radius 3 is 2.54 bits per heavy atom. The molecule has 2 saturated heterocycles. The minimum Gasteiger partial charge on any atom is -0.381 e. The minimum atomic E-state index is -4.99. The van der Waals surface area contributed by atoms with Gasteiger partial charge in [0, 0.05) is 24.5 Å². The van der Waals surface area contributed by atoms with E-state index in [2.05, 4.69) is 5.10 Å². The zero-order valence-corrected chi connectivity index (χ0v) is 21.0. The van der Waals surface area contributed by atoms with Crippen LogP contribution in [0.25, 0.3) is 17.0 Å². The molecule has 6 nitrogen and oxygen atoms in total. The topological polar surface area (TPSA) is 64.4 Å². The summed E-state index contributed by atoms with van der Waals surface area (Å²) < 4.78 is 86.3. The van der Waals surface area contributed by atoms with E-state index in [9.17, 15) is 35.9 Å². The number of carbonyl (C=O) groups is 2. The number of carbonyl (C=O) groups excluding carboxylic acids is 2. The van der Waals surface area contributed by atoms with Crippen LogP contribution in [0.4, 0.5) is 31.1 Å². The molecular weight excluding hydrogens is 548 g/mol. The van der Waals surface area contributed by atoms with Gasteiger partial charge in [0.1, 0.15) is 0 Å². The average molecular weight is 570 g/mol. The van der Waals surface area contributed by atoms with Gasteiger partial charge in [0.15, 0.2) is 0 Å². The highest BCUT2D eigenvalue weighted by Gasteiger charge is 2.39. The summed E-state index contributed by atoms with van der Waals surface area (Å²) in [6, 6.07) is 6.41. The van der Waals surface area contributed by atoms with Gasteiger partial charge in [0.05, 0.1) is 40.9 Å². The van der Waals surface area contributed by atoms with Crippen molar-refractivity contribution in [3.8, 4) is 0 Å². The molecule has 2 fully saturated rings. The van der Waals surface area contributed by atoms with Crippen molar-refractivity contribution in [3.63, 3.8) is 0 Å². The van der Waals surface area contributed by atoms with Gasteiger partial charge >= 0.3 is 12.4 Å². The zero-order valence-electron chi connectivity index (χ0n) is 20.2. The van der Waals surface area contributed by atoms with Crippen LogP contribution in [0.15, 0.2) is 47.5 Å². The summed E-state index contributed by atoms with van der Waals surface area (Å²) in [7, 11) is 0. The molecule has 206 valence electrons. The summed E-state index contributed by atoms with van der Waals surface area (Å²) in [6.07, 6.45) is -5.17. The first kappa shape index (κ1) is 27.3. The lowest BCUT2D eigenvalue weighted by Gasteiger charge is -2.25. The maximum absolute atomic E-state index is 13.6. The van der Waals surface area contributed by atoms with E-state index in [1.807, 2.05) is 0 Å². The molecule has 2 aromatic carbocycles. The van der Waals surface area contributed by atoms with Crippen LogP contribution in [-0.4, -0.2) is 45.6 Å². The highest BCUT2D eigenvalue weighted by atomic mass is 32.2. The second kappa shape index (κ2) is 10.3. The molecule has 0 unspecified atom stereocenters. The van der Waals surface area contributed by atoms with Crippen LogP contribution in [0.3, 0.4) is 0 Å². The lowest BCUT2D eigenvalue weighted by Crippen LogP contribution is -2.36. The van der Waals surface area contributed by atoms with Gasteiger partial charge in [0.25, 0.3) is 11.1 Å². The largest absolute Gasteiger partial charge is 0.416 e. The first-order valence-corrected chi connectivity index (χ1v) is 12.8. The van der Waals surface area contributed by atoms with Crippen molar-refractivity contribution in [3.05, 3.63) is 69.8 Å². The van der Waals surface area contributed by atoms with E-state index in [4.69, 9.17) is 4.74 Å². The number of nitrogens with zero attached hydrogens (tertiary/aromatic N) is 3. The second-order valence-electron chi connectivity index (χ2n) is 9.36. The van der Waals surface area contributed by atoms with Crippen molar-refractivity contribution in [2.24, 2.45) is 5.92 Å². The highest BCUT2D eigenvalue weighted by molar-refractivity contribution is 8.18. The van der Waals surface area contributed by atoms with Gasteiger partial charge < -0.3 is 4.74 Å². The molecule has 2 aliphatic heterocycles. The maximum Gasteiger partial charge on any atom is 0.416 e. The first-order valence-electron chi connectivity index (χ1n) is 12.0. The molecule has 0 N–H and O–H groups in total. The Hall–Kier alpha value is -3.32. The van der Waals surface area contributed by atoms with Gasteiger partial charge in [-0.25, -0.2) is 0 Å². The van der Waals surface area contributed by atoms with E-state index in [-0.39, 0.29) is 34.2 Å². The van der Waals surface area contributed by atoms with E-state index in [0.717, 1.165) is 30.7 Å². The predicted molar refractivity (Wildman–Crippen MR) is 132 cm³/mol. The summed E-state index contributed by atoms with van der Waals surface area (Å²) in [4.78, 5) is 26.8. The van der Waals surface area contributed by atoms with Crippen molar-refractivity contribution in [2.45, 2.75) is 31.7 Å². The SMILES string of the molecule is O=C1S/C(=C\c2ccc3c(cnn3Cc3ccc(C(F)(F)F)cc3C(F)(F)F)c2)C(=O)N1C[C@@H]1CCCOC1. The fourth-order valence-corrected chi connectivity index (χ4v) is 5.50. The number of alkyl halides is 6. The Bertz CT molecular complexity index is 1460. The van der Waals surface area contributed by atoms with Gasteiger partial charge in [-0.1, -0.05) is 12.1 Å². The third kappa shape index (κ3) is 5.83. The molecule has 3 aromatic rings. The van der Waals surface area contributed by atoms with Crippen LogP contribution in [0.1, 0.15) is 35.1 Å². The highest BCUT2D eigenvalue weighted by Crippen LogP contribution is 2.38. The number of halogens is 6. The van der Waals surface area contributed by atoms with Gasteiger partial charge in [-0.05, 0) is 66.1 Å². The molecule has 0 spiro atoms. The molecule has 39 heavy (non-hydrogen) atoms. The van der Waals surface area contributed by atoms with Crippen molar-refractivity contribution in [2.75, 3.05) is 19.8 Å². The number of fused-ring (bicyclic) bond motifs is 1. The lowest BCUT2D eigenvalue weighted by atomic mass is 10.0. The van der Waals surface area contributed by atoms with Crippen molar-refractivity contribution in [1.82, 2.24) is 14.7 Å². The molecule has 1 aromatic heterocycles. The molecule has 5 rings (SSSR count). The van der Waals surface area contributed by atoms with Crippen molar-refractivity contribution >= 4 is 39.9 Å². The number of rotatable bonds is 5. The number of imide groups is 1. The number of thioether (sulfide) groups is 1. The maximum atomic E-state index is 13.6. The summed E-state index contributed by atoms with van der Waals surface area (Å²) in [5, 5.41) is 4.31. The fraction of sp³-hybridized carbons (Fsp3) is 0.346. The van der Waals surface area contributed by atoms with Gasteiger partial charge in [0.2, 0.25) is 0 Å². The first-order chi connectivity index (χ1) is 18.4. The summed E-state index contributed by atoms with van der Waals surface area (Å²) in [6.45, 7) is 1.06. The Labute approximate surface area is 222 Å². The van der Waals surface area contributed by atoms with Crippen LogP contribution in [0.2, 0.25) is 0 Å². The normalized spacial score (nSPS) is 20.0. The minimum absolute atomic E-state index is 0.0938. The van der Waals surface area contributed by atoms with Crippen molar-refractivity contribution in [1.29, 1.82) is 0 Å². The summed E-state index contributed by atoms with van der Waals surface area (Å²) in [5.41, 5.74) is -2.09. The Morgan fingerprint density at radius 1 is 1.05 bits per heavy atom. The fourth-order valence-electron chi connectivity index (χ4n) is 4.66. The molecule has 13 heteroatoms. The average Bonchev–Trinajstić information content (AvgIpc) is 3.38. The van der Waals surface area contributed by atoms with Crippen LogP contribution < -0.4 is 0 Å². The van der Waals surface area contributed by atoms with E-state index < -0.39 is 35.9 Å². The smallest absolute Gasteiger partial charge is 0.381 e. The van der Waals surface area contributed by atoms with E-state index in [0.29, 0.717) is 35.7 Å². The second-order valence-corrected chi connectivity index (χ2v) is 10.4. The third-order valence-electron chi connectivity index (χ3n) is 6.60. The number of hydrogen-bond donors (Lipinski definition) is 0. The summed E-state index contributed by atoms with van der Waals surface area (Å²) >= 11 is 0.835. The van der Waals surface area contributed by atoms with E-state index in [1.54, 1.807) is 24.3 Å². The molecule has 3 heterocycles. The molecule has 0 radical (unpaired) electrons. The monoisotopic (exact) mass is 569 g/mol. The number of amides is 2. The Morgan fingerprint density at radius 2 is 1.85 bits per heavy atom. The van der Waals surface area contributed by atoms with Crippen LogP contribution in [0, 0.1) is 5.92 Å². The number of hydrogen-bond acceptors (Lipinski definition) is 5. The van der Waals surface area contributed by atoms with Crippen LogP contribution >= 0.6 is 11.8 Å². The van der Waals surface area contributed by atoms with E-state index >= 15 is 0 Å². The quantitative estimate of drug-likeness (QED) is 0.257. The standard InChI is InChI=1S/C26H21F6N3O3S/c27-25(28,29)19-5-4-17(20(10-19)26(30,31)32)13-35-21-6-3-15(8-18(21)11-33-35)9-22-23(36)34(24(37)39-22)12-16-2-1-7-38-14-16/h3-6,8-11,16H,1-2,7,12-14H2/b22-9-/t16-/m0/s1. The van der Waals surface area contributed by atoms with Crippen LogP contribution in [-0.2, 0) is 28.4 Å². The number of aromatic nitrogens is 2. The third-order valence-corrected chi connectivity index (χ3v) is 7.50. The van der Waals surface area contributed by atoms with Gasteiger partial charge in [-0.15, -0.1) is 0 Å². The number of ether oxygens (including phenoxy) is 1. The molecular formula is C26H21F6N3O3S. The Kier molecular flexibility index (Phi) is 7.23. The molecule has 0 saturated carbocycles. The number of benzene rings is 2. The molecule has 1 atom stereocenters. The molecule has 0 aliphatic carbocycles. The molecule has 2 aliphatic rings. The lowest BCUT2D eigenvalue weighted by molar-refractivity contribution is -0.143. The summed E-state index contributed by atoms with van der Waals surface area (Å²) in [5.74, 6) is -0.301. The van der Waals surface area contributed by atoms with Gasteiger partial charge in [-0.2, -0.15) is 31.4 Å². The Balaban J connectivity index is 1.37. The van der Waals surface area contributed by atoms with E-state index in [1.165, 1.54) is 15.8 Å². The molecule has 2 amide bonds. The molecule has 0 bridgehead atoms. The van der Waals surface area contributed by atoms with Gasteiger partial charge in [-0.3, -0.25) is 19.2 Å².